The summed E-state index contributed by atoms with van der Waals surface area (Å²) in [7, 11) is 0. The van der Waals surface area contributed by atoms with Gasteiger partial charge in [-0.05, 0) is 70.0 Å². The Kier molecular flexibility index (Phi) is 6.68. The van der Waals surface area contributed by atoms with Crippen molar-refractivity contribution in [2.75, 3.05) is 11.9 Å². The fourth-order valence-corrected chi connectivity index (χ4v) is 5.94. The Morgan fingerprint density at radius 1 is 0.641 bits per heavy atom. The minimum absolute atomic E-state index is 0.101. The van der Waals surface area contributed by atoms with Gasteiger partial charge >= 0.3 is 0 Å². The molecule has 1 aliphatic rings. The van der Waals surface area contributed by atoms with Crippen LogP contribution >= 0.6 is 0 Å². The van der Waals surface area contributed by atoms with E-state index >= 15 is 0 Å². The Labute approximate surface area is 228 Å². The number of benzene rings is 5. The van der Waals surface area contributed by atoms with Gasteiger partial charge in [-0.15, -0.1) is 0 Å². The SMILES string of the molecule is O=C(CNC(=O)C1(CCCc2ccccc2)c2ccccc2-c2ccccc21)Nc1ccc2ccccc2c1. The summed E-state index contributed by atoms with van der Waals surface area (Å²) in [6.45, 7) is -0.101. The number of hydrogen-bond acceptors (Lipinski definition) is 2. The normalized spacial score (nSPS) is 12.9. The molecule has 2 N–H and O–H groups in total. The van der Waals surface area contributed by atoms with Gasteiger partial charge in [0.05, 0.1) is 6.54 Å². The van der Waals surface area contributed by atoms with Gasteiger partial charge in [0.15, 0.2) is 0 Å². The van der Waals surface area contributed by atoms with Crippen molar-refractivity contribution in [3.63, 3.8) is 0 Å². The lowest BCUT2D eigenvalue weighted by atomic mass is 9.73. The Morgan fingerprint density at radius 2 is 1.26 bits per heavy atom. The molecule has 39 heavy (non-hydrogen) atoms. The molecular formula is C35H30N2O2. The van der Waals surface area contributed by atoms with E-state index < -0.39 is 5.41 Å². The molecule has 4 heteroatoms. The quantitative estimate of drug-likeness (QED) is 0.239. The van der Waals surface area contributed by atoms with Crippen molar-refractivity contribution in [2.24, 2.45) is 0 Å². The summed E-state index contributed by atoms with van der Waals surface area (Å²) < 4.78 is 0. The first kappa shape index (κ1) is 24.6. The molecule has 0 radical (unpaired) electrons. The lowest BCUT2D eigenvalue weighted by Gasteiger charge is -2.31. The summed E-state index contributed by atoms with van der Waals surface area (Å²) in [5.74, 6) is -0.390. The van der Waals surface area contributed by atoms with Crippen LogP contribution in [0.1, 0.15) is 29.5 Å². The second kappa shape index (κ2) is 10.6. The summed E-state index contributed by atoms with van der Waals surface area (Å²) in [5, 5.41) is 8.11. The number of nitrogens with one attached hydrogen (secondary N) is 2. The van der Waals surface area contributed by atoms with E-state index in [1.165, 1.54) is 5.56 Å². The molecule has 0 spiro atoms. The molecule has 0 atom stereocenters. The number of anilines is 1. The zero-order valence-electron chi connectivity index (χ0n) is 21.7. The van der Waals surface area contributed by atoms with Gasteiger partial charge in [-0.3, -0.25) is 9.59 Å². The largest absolute Gasteiger partial charge is 0.346 e. The van der Waals surface area contributed by atoms with Gasteiger partial charge in [-0.1, -0.05) is 109 Å². The average Bonchev–Trinajstić information content (AvgIpc) is 3.27. The smallest absolute Gasteiger partial charge is 0.243 e. The molecule has 0 saturated carbocycles. The lowest BCUT2D eigenvalue weighted by Crippen LogP contribution is -2.46. The maximum absolute atomic E-state index is 14.2. The van der Waals surface area contributed by atoms with Gasteiger partial charge in [-0.2, -0.15) is 0 Å². The zero-order valence-corrected chi connectivity index (χ0v) is 21.7. The first-order valence-corrected chi connectivity index (χ1v) is 13.5. The molecule has 2 amide bonds. The summed E-state index contributed by atoms with van der Waals surface area (Å²) >= 11 is 0. The van der Waals surface area contributed by atoms with Gasteiger partial charge in [0.25, 0.3) is 0 Å². The Bertz CT molecular complexity index is 1610. The van der Waals surface area contributed by atoms with E-state index in [1.54, 1.807) is 0 Å². The third kappa shape index (κ3) is 4.70. The van der Waals surface area contributed by atoms with Crippen LogP contribution in [-0.4, -0.2) is 18.4 Å². The molecule has 0 aromatic heterocycles. The van der Waals surface area contributed by atoms with Crippen LogP contribution in [0.3, 0.4) is 0 Å². The van der Waals surface area contributed by atoms with Crippen molar-refractivity contribution < 1.29 is 9.59 Å². The van der Waals surface area contributed by atoms with Gasteiger partial charge in [0, 0.05) is 5.69 Å². The van der Waals surface area contributed by atoms with Crippen LogP contribution in [0, 0.1) is 0 Å². The van der Waals surface area contributed by atoms with Crippen LogP contribution in [-0.2, 0) is 21.4 Å². The number of hydrogen-bond donors (Lipinski definition) is 2. The van der Waals surface area contributed by atoms with Crippen LogP contribution in [0.2, 0.25) is 0 Å². The first-order chi connectivity index (χ1) is 19.1. The summed E-state index contributed by atoms with van der Waals surface area (Å²) in [4.78, 5) is 27.1. The molecule has 0 aliphatic heterocycles. The van der Waals surface area contributed by atoms with Crippen LogP contribution in [0.4, 0.5) is 5.69 Å². The first-order valence-electron chi connectivity index (χ1n) is 13.5. The van der Waals surface area contributed by atoms with Gasteiger partial charge in [-0.25, -0.2) is 0 Å². The Morgan fingerprint density at radius 3 is 1.97 bits per heavy atom. The maximum atomic E-state index is 14.2. The predicted octanol–water partition coefficient (Wildman–Crippen LogP) is 6.88. The van der Waals surface area contributed by atoms with E-state index in [0.717, 1.165) is 45.9 Å². The van der Waals surface area contributed by atoms with Crippen LogP contribution in [0.15, 0.2) is 121 Å². The third-order valence-electron chi connectivity index (χ3n) is 7.75. The number of carbonyl (C=O) groups is 2. The second-order valence-corrected chi connectivity index (χ2v) is 10.1. The van der Waals surface area contributed by atoms with E-state index in [1.807, 2.05) is 84.9 Å². The maximum Gasteiger partial charge on any atom is 0.243 e. The van der Waals surface area contributed by atoms with E-state index in [-0.39, 0.29) is 18.4 Å². The highest BCUT2D eigenvalue weighted by atomic mass is 16.2. The molecule has 5 aromatic rings. The highest BCUT2D eigenvalue weighted by molar-refractivity contribution is 6.03. The lowest BCUT2D eigenvalue weighted by molar-refractivity contribution is -0.127. The summed E-state index contributed by atoms with van der Waals surface area (Å²) in [6, 6.07) is 40.5. The van der Waals surface area contributed by atoms with Crippen molar-refractivity contribution in [3.8, 4) is 11.1 Å². The monoisotopic (exact) mass is 510 g/mol. The van der Waals surface area contributed by atoms with E-state index in [2.05, 4.69) is 47.0 Å². The van der Waals surface area contributed by atoms with Crippen LogP contribution < -0.4 is 10.6 Å². The van der Waals surface area contributed by atoms with Crippen LogP contribution in [0.25, 0.3) is 21.9 Å². The fraction of sp³-hybridized carbons (Fsp3) is 0.143. The third-order valence-corrected chi connectivity index (χ3v) is 7.75. The second-order valence-electron chi connectivity index (χ2n) is 10.1. The molecule has 0 bridgehead atoms. The Hall–Kier alpha value is -4.70. The molecule has 4 nitrogen and oxygen atoms in total. The minimum Gasteiger partial charge on any atom is -0.346 e. The molecule has 0 fully saturated rings. The summed E-state index contributed by atoms with van der Waals surface area (Å²) in [6.07, 6.45) is 2.36. The highest BCUT2D eigenvalue weighted by Crippen LogP contribution is 2.51. The predicted molar refractivity (Wildman–Crippen MR) is 158 cm³/mol. The standard InChI is InChI=1S/C35H30N2O2/c38-33(37-28-21-20-26-14-4-5-15-27(26)23-28)24-36-34(39)35(22-10-13-25-11-2-1-3-12-25)31-18-8-6-16-29(31)30-17-7-9-19-32(30)35/h1-9,11-12,14-21,23H,10,13,22,24H2,(H,36,39)(H,37,38). The van der Waals surface area contributed by atoms with Crippen molar-refractivity contribution in [2.45, 2.75) is 24.7 Å². The topological polar surface area (TPSA) is 58.2 Å². The molecular weight excluding hydrogens is 480 g/mol. The average molecular weight is 511 g/mol. The molecule has 6 rings (SSSR count). The van der Waals surface area contributed by atoms with Gasteiger partial charge < -0.3 is 10.6 Å². The van der Waals surface area contributed by atoms with Gasteiger partial charge in [0.2, 0.25) is 11.8 Å². The molecule has 0 saturated heterocycles. The minimum atomic E-state index is -0.856. The number of rotatable bonds is 8. The Balaban J connectivity index is 1.25. The van der Waals surface area contributed by atoms with E-state index in [9.17, 15) is 9.59 Å². The van der Waals surface area contributed by atoms with Crippen molar-refractivity contribution in [1.82, 2.24) is 5.32 Å². The molecule has 192 valence electrons. The van der Waals surface area contributed by atoms with Crippen LogP contribution in [0.5, 0.6) is 0 Å². The number of amides is 2. The molecule has 0 heterocycles. The molecule has 0 unspecified atom stereocenters. The molecule has 5 aromatic carbocycles. The molecule has 1 aliphatic carbocycles. The van der Waals surface area contributed by atoms with Gasteiger partial charge in [0.1, 0.15) is 5.41 Å². The fourth-order valence-electron chi connectivity index (χ4n) is 5.94. The van der Waals surface area contributed by atoms with Crippen molar-refractivity contribution in [1.29, 1.82) is 0 Å². The van der Waals surface area contributed by atoms with E-state index in [4.69, 9.17) is 0 Å². The van der Waals surface area contributed by atoms with Crippen molar-refractivity contribution >= 4 is 28.3 Å². The number of fused-ring (bicyclic) bond motifs is 4. The highest BCUT2D eigenvalue weighted by Gasteiger charge is 2.48. The van der Waals surface area contributed by atoms with E-state index in [0.29, 0.717) is 12.1 Å². The number of aryl methyl sites for hydroxylation is 1. The zero-order chi connectivity index (χ0) is 26.7. The number of carbonyl (C=O) groups excluding carboxylic acids is 2. The summed E-state index contributed by atoms with van der Waals surface area (Å²) in [5.41, 5.74) is 5.29. The van der Waals surface area contributed by atoms with Crippen molar-refractivity contribution in [3.05, 3.63) is 138 Å².